The number of hydrogen-bond donors (Lipinski definition) is 1. The molecule has 0 radical (unpaired) electrons. The number of nitrogen functional groups attached to an aromatic ring is 1. The SMILES string of the molecule is Cn1c(N)c(C(=O)COc2ccc(F)cc2F)c(=O)n(C)c1=O. The number of carbonyl (C=O) groups is 1. The number of ketones is 1. The van der Waals surface area contributed by atoms with Crippen molar-refractivity contribution in [3.05, 3.63) is 56.2 Å². The molecule has 1 aromatic heterocycles. The molecular weight excluding hydrogens is 312 g/mol. The molecule has 0 saturated carbocycles. The number of carbonyl (C=O) groups excluding carboxylic acids is 1. The molecule has 1 aromatic carbocycles. The lowest BCUT2D eigenvalue weighted by atomic mass is 10.2. The fraction of sp³-hybridized carbons (Fsp3) is 0.214. The number of rotatable bonds is 4. The molecule has 0 amide bonds. The Balaban J connectivity index is 2.32. The minimum absolute atomic E-state index is 0.314. The smallest absolute Gasteiger partial charge is 0.332 e. The minimum Gasteiger partial charge on any atom is -0.482 e. The average molecular weight is 325 g/mol. The predicted octanol–water partition coefficient (Wildman–Crippen LogP) is 0.206. The predicted molar refractivity (Wildman–Crippen MR) is 77.5 cm³/mol. The summed E-state index contributed by atoms with van der Waals surface area (Å²) in [4.78, 5) is 35.8. The second kappa shape index (κ2) is 6.03. The monoisotopic (exact) mass is 325 g/mol. The first kappa shape index (κ1) is 16.4. The van der Waals surface area contributed by atoms with Crippen molar-refractivity contribution in [2.45, 2.75) is 0 Å². The van der Waals surface area contributed by atoms with E-state index in [1.807, 2.05) is 0 Å². The number of halogens is 2. The van der Waals surface area contributed by atoms with Gasteiger partial charge >= 0.3 is 5.69 Å². The number of anilines is 1. The summed E-state index contributed by atoms with van der Waals surface area (Å²) in [6, 6.07) is 2.57. The highest BCUT2D eigenvalue weighted by atomic mass is 19.1. The third-order valence-corrected chi connectivity index (χ3v) is 3.24. The molecule has 0 aliphatic carbocycles. The number of benzene rings is 1. The van der Waals surface area contributed by atoms with E-state index in [0.717, 1.165) is 21.3 Å². The minimum atomic E-state index is -0.987. The van der Waals surface area contributed by atoms with Crippen LogP contribution in [0.3, 0.4) is 0 Å². The van der Waals surface area contributed by atoms with Crippen LogP contribution in [0.5, 0.6) is 5.75 Å². The maximum Gasteiger partial charge on any atom is 0.332 e. The molecular formula is C14H13F2N3O4. The van der Waals surface area contributed by atoms with E-state index >= 15 is 0 Å². The van der Waals surface area contributed by atoms with Gasteiger partial charge in [-0.2, -0.15) is 0 Å². The van der Waals surface area contributed by atoms with E-state index < -0.39 is 40.8 Å². The number of nitrogens with zero attached hydrogens (tertiary/aromatic N) is 2. The molecule has 0 saturated heterocycles. The van der Waals surface area contributed by atoms with Crippen molar-refractivity contribution in [2.75, 3.05) is 12.3 Å². The van der Waals surface area contributed by atoms with E-state index in [1.165, 1.54) is 14.1 Å². The van der Waals surface area contributed by atoms with E-state index in [4.69, 9.17) is 10.5 Å². The molecule has 23 heavy (non-hydrogen) atoms. The van der Waals surface area contributed by atoms with Gasteiger partial charge in [0.05, 0.1) is 0 Å². The second-order valence-electron chi connectivity index (χ2n) is 4.75. The fourth-order valence-corrected chi connectivity index (χ4v) is 1.93. The van der Waals surface area contributed by atoms with Crippen LogP contribution in [-0.4, -0.2) is 21.5 Å². The molecule has 9 heteroatoms. The van der Waals surface area contributed by atoms with Crippen molar-refractivity contribution < 1.29 is 18.3 Å². The summed E-state index contributed by atoms with van der Waals surface area (Å²) in [5.41, 5.74) is 3.63. The highest BCUT2D eigenvalue weighted by Gasteiger charge is 2.21. The van der Waals surface area contributed by atoms with E-state index in [9.17, 15) is 23.2 Å². The van der Waals surface area contributed by atoms with Crippen LogP contribution < -0.4 is 21.7 Å². The molecule has 0 atom stereocenters. The summed E-state index contributed by atoms with van der Waals surface area (Å²) in [6.07, 6.45) is 0. The van der Waals surface area contributed by atoms with Crippen LogP contribution in [0.1, 0.15) is 10.4 Å². The summed E-state index contributed by atoms with van der Waals surface area (Å²) in [5, 5.41) is 0. The Hall–Kier alpha value is -2.97. The number of hydrogen-bond acceptors (Lipinski definition) is 5. The molecule has 0 spiro atoms. The molecule has 0 aliphatic rings. The molecule has 0 fully saturated rings. The van der Waals surface area contributed by atoms with Crippen molar-refractivity contribution in [2.24, 2.45) is 14.1 Å². The third-order valence-electron chi connectivity index (χ3n) is 3.24. The largest absolute Gasteiger partial charge is 0.482 e. The number of ether oxygens (including phenoxy) is 1. The van der Waals surface area contributed by atoms with Gasteiger partial charge in [0.15, 0.2) is 18.2 Å². The molecule has 2 rings (SSSR count). The Morgan fingerprint density at radius 3 is 2.48 bits per heavy atom. The van der Waals surface area contributed by atoms with Crippen molar-refractivity contribution >= 4 is 11.6 Å². The summed E-state index contributed by atoms with van der Waals surface area (Å²) in [7, 11) is 2.50. The molecule has 1 heterocycles. The van der Waals surface area contributed by atoms with Gasteiger partial charge in [-0.25, -0.2) is 13.6 Å². The van der Waals surface area contributed by atoms with Crippen LogP contribution in [0.4, 0.5) is 14.6 Å². The lowest BCUT2D eigenvalue weighted by molar-refractivity contribution is 0.0916. The van der Waals surface area contributed by atoms with Crippen molar-refractivity contribution in [3.63, 3.8) is 0 Å². The Morgan fingerprint density at radius 2 is 1.87 bits per heavy atom. The maximum atomic E-state index is 13.4. The van der Waals surface area contributed by atoms with E-state index in [0.29, 0.717) is 6.07 Å². The first-order valence-corrected chi connectivity index (χ1v) is 6.40. The molecule has 2 aromatic rings. The van der Waals surface area contributed by atoms with Crippen molar-refractivity contribution in [3.8, 4) is 5.75 Å². The van der Waals surface area contributed by atoms with E-state index in [-0.39, 0.29) is 11.6 Å². The molecule has 0 unspecified atom stereocenters. The zero-order valence-corrected chi connectivity index (χ0v) is 12.3. The lowest BCUT2D eigenvalue weighted by Crippen LogP contribution is -2.42. The molecule has 0 aliphatic heterocycles. The highest BCUT2D eigenvalue weighted by Crippen LogP contribution is 2.18. The van der Waals surface area contributed by atoms with Crippen LogP contribution in [0, 0.1) is 11.6 Å². The Kier molecular flexibility index (Phi) is 4.30. The van der Waals surface area contributed by atoms with Gasteiger partial charge in [-0.15, -0.1) is 0 Å². The Morgan fingerprint density at radius 1 is 1.22 bits per heavy atom. The van der Waals surface area contributed by atoms with Gasteiger partial charge < -0.3 is 10.5 Å². The Bertz CT molecular complexity index is 902. The van der Waals surface area contributed by atoms with E-state index in [2.05, 4.69) is 0 Å². The molecule has 122 valence electrons. The van der Waals surface area contributed by atoms with Gasteiger partial charge in [-0.05, 0) is 12.1 Å². The van der Waals surface area contributed by atoms with Crippen LogP contribution in [0.15, 0.2) is 27.8 Å². The first-order chi connectivity index (χ1) is 10.7. The summed E-state index contributed by atoms with van der Waals surface area (Å²) in [6.45, 7) is -0.694. The van der Waals surface area contributed by atoms with Crippen molar-refractivity contribution in [1.82, 2.24) is 9.13 Å². The van der Waals surface area contributed by atoms with Crippen molar-refractivity contribution in [1.29, 1.82) is 0 Å². The first-order valence-electron chi connectivity index (χ1n) is 6.40. The van der Waals surface area contributed by atoms with Crippen LogP contribution >= 0.6 is 0 Å². The van der Waals surface area contributed by atoms with Gasteiger partial charge in [-0.1, -0.05) is 0 Å². The van der Waals surface area contributed by atoms with Gasteiger partial charge in [0.1, 0.15) is 17.2 Å². The van der Waals surface area contributed by atoms with Gasteiger partial charge in [0, 0.05) is 20.2 Å². The summed E-state index contributed by atoms with van der Waals surface area (Å²) >= 11 is 0. The standard InChI is InChI=1S/C14H13F2N3O4/c1-18-12(17)11(13(21)19(2)14(18)22)9(20)6-23-10-4-3-7(15)5-8(10)16/h3-5H,6,17H2,1-2H3. The zero-order valence-electron chi connectivity index (χ0n) is 12.3. The summed E-state index contributed by atoms with van der Waals surface area (Å²) in [5.74, 6) is -3.27. The number of nitrogens with two attached hydrogens (primary N) is 1. The summed E-state index contributed by atoms with van der Waals surface area (Å²) < 4.78 is 32.8. The van der Waals surface area contributed by atoms with Crippen LogP contribution in [0.25, 0.3) is 0 Å². The van der Waals surface area contributed by atoms with Gasteiger partial charge in [0.25, 0.3) is 5.56 Å². The molecule has 2 N–H and O–H groups in total. The number of aromatic nitrogens is 2. The Labute approximate surface area is 128 Å². The van der Waals surface area contributed by atoms with Gasteiger partial charge in [0.2, 0.25) is 5.78 Å². The maximum absolute atomic E-state index is 13.4. The average Bonchev–Trinajstić information content (AvgIpc) is 2.50. The topological polar surface area (TPSA) is 96.3 Å². The molecule has 0 bridgehead atoms. The van der Waals surface area contributed by atoms with Crippen LogP contribution in [-0.2, 0) is 14.1 Å². The normalized spacial score (nSPS) is 10.6. The third kappa shape index (κ3) is 2.98. The lowest BCUT2D eigenvalue weighted by Gasteiger charge is -2.11. The molecule has 7 nitrogen and oxygen atoms in total. The van der Waals surface area contributed by atoms with E-state index in [1.54, 1.807) is 0 Å². The number of Topliss-reactive ketones (excluding diaryl/α,β-unsaturated/α-hetero) is 1. The van der Waals surface area contributed by atoms with Crippen LogP contribution in [0.2, 0.25) is 0 Å². The fourth-order valence-electron chi connectivity index (χ4n) is 1.93. The zero-order chi connectivity index (χ0) is 17.3. The van der Waals surface area contributed by atoms with Gasteiger partial charge in [-0.3, -0.25) is 18.7 Å². The highest BCUT2D eigenvalue weighted by molar-refractivity contribution is 6.00. The quantitative estimate of drug-likeness (QED) is 0.811. The second-order valence-corrected chi connectivity index (χ2v) is 4.75.